The lowest BCUT2D eigenvalue weighted by Gasteiger charge is -2.15. The maximum atomic E-state index is 6.31. The first-order valence-electron chi connectivity index (χ1n) is 6.02. The predicted octanol–water partition coefficient (Wildman–Crippen LogP) is 1.08. The van der Waals surface area contributed by atoms with Gasteiger partial charge in [-0.3, -0.25) is 9.36 Å². The van der Waals surface area contributed by atoms with Crippen molar-refractivity contribution in [1.82, 2.24) is 19.6 Å². The van der Waals surface area contributed by atoms with Gasteiger partial charge in [-0.25, -0.2) is 0 Å². The molecule has 0 saturated carbocycles. The minimum Gasteiger partial charge on any atom is -0.493 e. The van der Waals surface area contributed by atoms with E-state index in [9.17, 15) is 0 Å². The Bertz CT molecular complexity index is 516. The fraction of sp³-hybridized carbons (Fsp3) is 0.500. The Morgan fingerprint density at radius 2 is 2.22 bits per heavy atom. The van der Waals surface area contributed by atoms with E-state index in [1.807, 2.05) is 17.8 Å². The second-order valence-corrected chi connectivity index (χ2v) is 4.18. The number of rotatable bonds is 5. The summed E-state index contributed by atoms with van der Waals surface area (Å²) in [6.45, 7) is 2.93. The molecule has 6 nitrogen and oxygen atoms in total. The first kappa shape index (κ1) is 12.6. The number of hydrogen-bond acceptors (Lipinski definition) is 4. The fourth-order valence-corrected chi connectivity index (χ4v) is 2.07. The third-order valence-electron chi connectivity index (χ3n) is 2.97. The highest BCUT2D eigenvalue weighted by atomic mass is 16.5. The number of aryl methyl sites for hydroxylation is 2. The summed E-state index contributed by atoms with van der Waals surface area (Å²) in [4.78, 5) is 0. The molecule has 6 heteroatoms. The van der Waals surface area contributed by atoms with Crippen LogP contribution in [-0.4, -0.2) is 26.7 Å². The third-order valence-corrected chi connectivity index (χ3v) is 2.97. The van der Waals surface area contributed by atoms with Gasteiger partial charge >= 0.3 is 0 Å². The van der Waals surface area contributed by atoms with Crippen LogP contribution in [0.4, 0.5) is 0 Å². The molecule has 2 aromatic heterocycles. The van der Waals surface area contributed by atoms with Crippen LogP contribution in [-0.2, 0) is 13.6 Å². The van der Waals surface area contributed by atoms with Crippen LogP contribution in [0.3, 0.4) is 0 Å². The van der Waals surface area contributed by atoms with Crippen LogP contribution in [0.5, 0.6) is 5.75 Å². The van der Waals surface area contributed by atoms with Crippen molar-refractivity contribution < 1.29 is 4.74 Å². The number of hydrogen-bond donors (Lipinski definition) is 1. The van der Waals surface area contributed by atoms with Gasteiger partial charge in [-0.15, -0.1) is 0 Å². The Hall–Kier alpha value is -1.82. The molecule has 1 atom stereocenters. The van der Waals surface area contributed by atoms with Crippen LogP contribution >= 0.6 is 0 Å². The Morgan fingerprint density at radius 3 is 2.78 bits per heavy atom. The molecule has 2 N–H and O–H groups in total. The number of methoxy groups -OCH3 is 1. The monoisotopic (exact) mass is 249 g/mol. The Balaban J connectivity index is 2.42. The number of aromatic nitrogens is 4. The maximum absolute atomic E-state index is 6.31. The zero-order valence-electron chi connectivity index (χ0n) is 11.0. The highest BCUT2D eigenvalue weighted by Crippen LogP contribution is 2.27. The molecule has 2 aromatic rings. The second-order valence-electron chi connectivity index (χ2n) is 4.18. The van der Waals surface area contributed by atoms with E-state index in [4.69, 9.17) is 10.5 Å². The van der Waals surface area contributed by atoms with Gasteiger partial charge in [0.05, 0.1) is 25.0 Å². The van der Waals surface area contributed by atoms with E-state index in [-0.39, 0.29) is 6.04 Å². The minimum absolute atomic E-state index is 0.290. The lowest BCUT2D eigenvalue weighted by molar-refractivity contribution is 0.402. The van der Waals surface area contributed by atoms with Gasteiger partial charge in [0.25, 0.3) is 0 Å². The fourth-order valence-electron chi connectivity index (χ4n) is 2.07. The van der Waals surface area contributed by atoms with Crippen LogP contribution in [0.1, 0.15) is 30.8 Å². The van der Waals surface area contributed by atoms with E-state index < -0.39 is 0 Å². The minimum atomic E-state index is -0.290. The molecule has 0 aliphatic carbocycles. The van der Waals surface area contributed by atoms with E-state index in [2.05, 4.69) is 17.1 Å². The summed E-state index contributed by atoms with van der Waals surface area (Å²) >= 11 is 0. The van der Waals surface area contributed by atoms with Gasteiger partial charge in [-0.05, 0) is 12.5 Å². The van der Waals surface area contributed by atoms with Gasteiger partial charge in [0, 0.05) is 19.8 Å². The van der Waals surface area contributed by atoms with Crippen LogP contribution < -0.4 is 10.5 Å². The summed E-state index contributed by atoms with van der Waals surface area (Å²) in [6, 6.07) is 1.62. The van der Waals surface area contributed by atoms with Gasteiger partial charge in [0.2, 0.25) is 0 Å². The SMILES string of the molecule is CCCn1ncc(OC)c1C(N)c1ccnn1C. The van der Waals surface area contributed by atoms with Crippen molar-refractivity contribution in [2.75, 3.05) is 7.11 Å². The average molecular weight is 249 g/mol. The summed E-state index contributed by atoms with van der Waals surface area (Å²) in [5, 5.41) is 8.46. The van der Waals surface area contributed by atoms with Crippen LogP contribution in [0.15, 0.2) is 18.5 Å². The Kier molecular flexibility index (Phi) is 3.66. The zero-order chi connectivity index (χ0) is 13.1. The van der Waals surface area contributed by atoms with Crippen LogP contribution in [0.2, 0.25) is 0 Å². The average Bonchev–Trinajstić information content (AvgIpc) is 2.95. The van der Waals surface area contributed by atoms with E-state index in [0.29, 0.717) is 0 Å². The molecule has 0 aromatic carbocycles. The van der Waals surface area contributed by atoms with Gasteiger partial charge in [0.1, 0.15) is 5.69 Å². The topological polar surface area (TPSA) is 70.9 Å². The van der Waals surface area contributed by atoms with Crippen molar-refractivity contribution >= 4 is 0 Å². The molecule has 0 radical (unpaired) electrons. The lowest BCUT2D eigenvalue weighted by Crippen LogP contribution is -2.21. The van der Waals surface area contributed by atoms with Crippen LogP contribution in [0.25, 0.3) is 0 Å². The predicted molar refractivity (Wildman–Crippen MR) is 68.3 cm³/mol. The van der Waals surface area contributed by atoms with E-state index in [1.165, 1.54) is 0 Å². The van der Waals surface area contributed by atoms with Crippen molar-refractivity contribution in [2.45, 2.75) is 25.9 Å². The molecule has 18 heavy (non-hydrogen) atoms. The molecule has 0 aliphatic rings. The smallest absolute Gasteiger partial charge is 0.161 e. The summed E-state index contributed by atoms with van der Waals surface area (Å²) in [5.74, 6) is 0.720. The molecule has 1 unspecified atom stereocenters. The molecule has 0 saturated heterocycles. The summed E-state index contributed by atoms with van der Waals surface area (Å²) in [6.07, 6.45) is 4.44. The standard InChI is InChI=1S/C12H19N5O/c1-4-7-17-12(10(18-3)8-15-17)11(13)9-5-6-14-16(9)2/h5-6,8,11H,4,7,13H2,1-3H3. The maximum Gasteiger partial charge on any atom is 0.161 e. The lowest BCUT2D eigenvalue weighted by atomic mass is 10.1. The largest absolute Gasteiger partial charge is 0.493 e. The highest BCUT2D eigenvalue weighted by molar-refractivity contribution is 5.33. The second kappa shape index (κ2) is 5.22. The molecular formula is C12H19N5O. The third kappa shape index (κ3) is 2.11. The molecule has 0 amide bonds. The molecule has 0 fully saturated rings. The zero-order valence-corrected chi connectivity index (χ0v) is 11.0. The summed E-state index contributed by atoms with van der Waals surface area (Å²) < 4.78 is 9.01. The number of nitrogens with two attached hydrogens (primary N) is 1. The van der Waals surface area contributed by atoms with Crippen molar-refractivity contribution in [3.8, 4) is 5.75 Å². The quantitative estimate of drug-likeness (QED) is 0.861. The number of nitrogens with zero attached hydrogens (tertiary/aromatic N) is 4. The van der Waals surface area contributed by atoms with E-state index in [1.54, 1.807) is 24.2 Å². The normalized spacial score (nSPS) is 12.7. The first-order valence-corrected chi connectivity index (χ1v) is 6.02. The molecule has 0 spiro atoms. The highest BCUT2D eigenvalue weighted by Gasteiger charge is 2.22. The first-order chi connectivity index (χ1) is 8.69. The molecular weight excluding hydrogens is 230 g/mol. The van der Waals surface area contributed by atoms with E-state index in [0.717, 1.165) is 30.1 Å². The van der Waals surface area contributed by atoms with Crippen molar-refractivity contribution in [2.24, 2.45) is 12.8 Å². The Labute approximate surface area is 106 Å². The van der Waals surface area contributed by atoms with E-state index >= 15 is 0 Å². The summed E-state index contributed by atoms with van der Waals surface area (Å²) in [5.41, 5.74) is 8.14. The van der Waals surface area contributed by atoms with Gasteiger partial charge in [-0.1, -0.05) is 6.92 Å². The van der Waals surface area contributed by atoms with Gasteiger partial charge in [-0.2, -0.15) is 10.2 Å². The Morgan fingerprint density at radius 1 is 1.44 bits per heavy atom. The van der Waals surface area contributed by atoms with Crippen molar-refractivity contribution in [3.63, 3.8) is 0 Å². The van der Waals surface area contributed by atoms with Crippen molar-refractivity contribution in [1.29, 1.82) is 0 Å². The number of ether oxygens (including phenoxy) is 1. The molecule has 0 aliphatic heterocycles. The van der Waals surface area contributed by atoms with Crippen molar-refractivity contribution in [3.05, 3.63) is 29.8 Å². The van der Waals surface area contributed by atoms with Gasteiger partial charge in [0.15, 0.2) is 5.75 Å². The van der Waals surface area contributed by atoms with Gasteiger partial charge < -0.3 is 10.5 Å². The molecule has 98 valence electrons. The summed E-state index contributed by atoms with van der Waals surface area (Å²) in [7, 11) is 3.51. The van der Waals surface area contributed by atoms with Crippen LogP contribution in [0, 0.1) is 0 Å². The molecule has 0 bridgehead atoms. The molecule has 2 rings (SSSR count). The molecule has 2 heterocycles.